The normalized spacial score (nSPS) is 13.6. The highest BCUT2D eigenvalue weighted by atomic mass is 32.2. The summed E-state index contributed by atoms with van der Waals surface area (Å²) in [6.45, 7) is 8.80. The fourth-order valence-corrected chi connectivity index (χ4v) is 3.70. The number of carbonyl (C=O) groups is 1. The third-order valence-corrected chi connectivity index (χ3v) is 5.54. The first-order chi connectivity index (χ1) is 9.77. The summed E-state index contributed by atoms with van der Waals surface area (Å²) >= 11 is 0. The topological polar surface area (TPSA) is 79.6 Å². The van der Waals surface area contributed by atoms with Crippen LogP contribution in [0.25, 0.3) is 0 Å². The van der Waals surface area contributed by atoms with Gasteiger partial charge in [-0.1, -0.05) is 27.2 Å². The van der Waals surface area contributed by atoms with E-state index in [0.29, 0.717) is 19.6 Å². The summed E-state index contributed by atoms with van der Waals surface area (Å²) in [7, 11) is -3.65. The third-order valence-electron chi connectivity index (χ3n) is 3.63. The Morgan fingerprint density at radius 3 is 2.38 bits per heavy atom. The third kappa shape index (κ3) is 3.85. The molecule has 0 bridgehead atoms. The molecule has 1 unspecified atom stereocenters. The number of rotatable bonds is 8. The Morgan fingerprint density at radius 1 is 1.38 bits per heavy atom. The summed E-state index contributed by atoms with van der Waals surface area (Å²) in [5, 5.41) is 9.13. The highest BCUT2D eigenvalue weighted by molar-refractivity contribution is 7.89. The number of sulfonamides is 1. The Hall–Kier alpha value is -1.34. The van der Waals surface area contributed by atoms with Crippen LogP contribution in [0.4, 0.5) is 0 Å². The van der Waals surface area contributed by atoms with E-state index in [0.717, 1.165) is 6.42 Å². The smallest absolute Gasteiger partial charge is 0.352 e. The number of hydrogen-bond donors (Lipinski definition) is 1. The van der Waals surface area contributed by atoms with Gasteiger partial charge in [0.05, 0.1) is 0 Å². The Balaban J connectivity index is 3.20. The first-order valence-electron chi connectivity index (χ1n) is 7.21. The lowest BCUT2D eigenvalue weighted by Crippen LogP contribution is -2.34. The van der Waals surface area contributed by atoms with Gasteiger partial charge >= 0.3 is 5.97 Å². The summed E-state index contributed by atoms with van der Waals surface area (Å²) in [6, 6.07) is 1.24. The molecule has 0 amide bonds. The molecular formula is C14H24N2O4S. The van der Waals surface area contributed by atoms with Gasteiger partial charge in [0.1, 0.15) is 10.6 Å². The predicted octanol–water partition coefficient (Wildman–Crippen LogP) is 2.26. The molecule has 0 saturated carbocycles. The second-order valence-corrected chi connectivity index (χ2v) is 7.06. The molecule has 6 nitrogen and oxygen atoms in total. The maximum atomic E-state index is 12.6. The molecule has 1 aromatic heterocycles. The van der Waals surface area contributed by atoms with E-state index in [2.05, 4.69) is 0 Å². The van der Waals surface area contributed by atoms with Gasteiger partial charge < -0.3 is 9.67 Å². The Labute approximate surface area is 126 Å². The van der Waals surface area contributed by atoms with Crippen LogP contribution in [0.3, 0.4) is 0 Å². The van der Waals surface area contributed by atoms with Crippen molar-refractivity contribution in [1.82, 2.24) is 8.87 Å². The van der Waals surface area contributed by atoms with Crippen molar-refractivity contribution in [3.8, 4) is 0 Å². The minimum atomic E-state index is -3.65. The molecule has 0 aliphatic heterocycles. The number of aromatic carboxylic acids is 1. The van der Waals surface area contributed by atoms with Crippen LogP contribution < -0.4 is 0 Å². The standard InChI is InChI=1S/C14H24N2O4S/c1-5-11(4)9-16(7-3)21(19,20)12-8-13(14(17)18)15(6-2)10-12/h8,10-11H,5-7,9H2,1-4H3,(H,17,18). The second kappa shape index (κ2) is 7.09. The van der Waals surface area contributed by atoms with E-state index in [1.807, 2.05) is 13.8 Å². The van der Waals surface area contributed by atoms with E-state index in [-0.39, 0.29) is 16.5 Å². The van der Waals surface area contributed by atoms with Gasteiger partial charge in [0.15, 0.2) is 0 Å². The van der Waals surface area contributed by atoms with Crippen LogP contribution in [0.15, 0.2) is 17.2 Å². The summed E-state index contributed by atoms with van der Waals surface area (Å²) in [5.41, 5.74) is -0.00401. The molecule has 0 saturated heterocycles. The number of hydrogen-bond acceptors (Lipinski definition) is 3. The lowest BCUT2D eigenvalue weighted by molar-refractivity contribution is 0.0685. The van der Waals surface area contributed by atoms with Crippen molar-refractivity contribution in [2.45, 2.75) is 45.6 Å². The number of carboxylic acids is 1. The molecule has 0 fully saturated rings. The predicted molar refractivity (Wildman–Crippen MR) is 81.0 cm³/mol. The molecule has 120 valence electrons. The van der Waals surface area contributed by atoms with Crippen LogP contribution in [0, 0.1) is 5.92 Å². The molecule has 0 radical (unpaired) electrons. The molecule has 0 aromatic carbocycles. The fourth-order valence-electron chi connectivity index (χ4n) is 2.09. The van der Waals surface area contributed by atoms with E-state index in [9.17, 15) is 13.2 Å². The quantitative estimate of drug-likeness (QED) is 0.798. The van der Waals surface area contributed by atoms with Gasteiger partial charge in [-0.15, -0.1) is 0 Å². The summed E-state index contributed by atoms with van der Waals surface area (Å²) in [5.74, 6) is -0.866. The fraction of sp³-hybridized carbons (Fsp3) is 0.643. The van der Waals surface area contributed by atoms with Gasteiger partial charge in [-0.2, -0.15) is 4.31 Å². The minimum absolute atomic E-state index is 0.00401. The van der Waals surface area contributed by atoms with Crippen molar-refractivity contribution in [2.75, 3.05) is 13.1 Å². The molecule has 1 atom stereocenters. The van der Waals surface area contributed by atoms with E-state index in [1.54, 1.807) is 13.8 Å². The zero-order chi connectivity index (χ0) is 16.2. The molecule has 1 N–H and O–H groups in total. The van der Waals surface area contributed by atoms with Crippen molar-refractivity contribution in [1.29, 1.82) is 0 Å². The second-order valence-electron chi connectivity index (χ2n) is 5.12. The maximum absolute atomic E-state index is 12.6. The monoisotopic (exact) mass is 316 g/mol. The number of aromatic nitrogens is 1. The number of carboxylic acid groups (broad SMARTS) is 1. The number of aryl methyl sites for hydroxylation is 1. The summed E-state index contributed by atoms with van der Waals surface area (Å²) < 4.78 is 28.1. The molecule has 1 rings (SSSR count). The Kier molecular flexibility index (Phi) is 5.98. The van der Waals surface area contributed by atoms with E-state index < -0.39 is 16.0 Å². The average Bonchev–Trinajstić information content (AvgIpc) is 2.89. The summed E-state index contributed by atoms with van der Waals surface area (Å²) in [4.78, 5) is 11.2. The maximum Gasteiger partial charge on any atom is 0.352 e. The lowest BCUT2D eigenvalue weighted by atomic mass is 10.1. The average molecular weight is 316 g/mol. The van der Waals surface area contributed by atoms with E-state index >= 15 is 0 Å². The van der Waals surface area contributed by atoms with Gasteiger partial charge in [-0.25, -0.2) is 13.2 Å². The van der Waals surface area contributed by atoms with Crippen LogP contribution in [-0.2, 0) is 16.6 Å². The molecule has 7 heteroatoms. The van der Waals surface area contributed by atoms with Crippen LogP contribution in [0.1, 0.15) is 44.6 Å². The van der Waals surface area contributed by atoms with Crippen molar-refractivity contribution in [2.24, 2.45) is 5.92 Å². The van der Waals surface area contributed by atoms with Gasteiger partial charge in [-0.05, 0) is 18.9 Å². The summed E-state index contributed by atoms with van der Waals surface area (Å²) in [6.07, 6.45) is 2.29. The minimum Gasteiger partial charge on any atom is -0.477 e. The highest BCUT2D eigenvalue weighted by Crippen LogP contribution is 2.21. The molecule has 1 aromatic rings. The van der Waals surface area contributed by atoms with E-state index in [4.69, 9.17) is 5.11 Å². The van der Waals surface area contributed by atoms with Gasteiger partial charge in [-0.3, -0.25) is 0 Å². The van der Waals surface area contributed by atoms with Crippen LogP contribution in [-0.4, -0.2) is 41.5 Å². The van der Waals surface area contributed by atoms with Gasteiger partial charge in [0.25, 0.3) is 0 Å². The Bertz CT molecular complexity index is 592. The molecule has 1 heterocycles. The highest BCUT2D eigenvalue weighted by Gasteiger charge is 2.27. The van der Waals surface area contributed by atoms with Crippen molar-refractivity contribution < 1.29 is 18.3 Å². The first-order valence-corrected chi connectivity index (χ1v) is 8.65. The van der Waals surface area contributed by atoms with Crippen molar-refractivity contribution >= 4 is 16.0 Å². The van der Waals surface area contributed by atoms with Gasteiger partial charge in [0, 0.05) is 25.8 Å². The lowest BCUT2D eigenvalue weighted by Gasteiger charge is -2.22. The molecule has 0 aliphatic rings. The van der Waals surface area contributed by atoms with Crippen LogP contribution in [0.2, 0.25) is 0 Å². The van der Waals surface area contributed by atoms with Crippen molar-refractivity contribution in [3.05, 3.63) is 18.0 Å². The van der Waals surface area contributed by atoms with Gasteiger partial charge in [0.2, 0.25) is 10.0 Å². The molecule has 0 spiro atoms. The zero-order valence-electron chi connectivity index (χ0n) is 13.0. The number of nitrogens with zero attached hydrogens (tertiary/aromatic N) is 2. The van der Waals surface area contributed by atoms with Crippen LogP contribution in [0.5, 0.6) is 0 Å². The zero-order valence-corrected chi connectivity index (χ0v) is 13.9. The van der Waals surface area contributed by atoms with Crippen molar-refractivity contribution in [3.63, 3.8) is 0 Å². The van der Waals surface area contributed by atoms with Crippen LogP contribution >= 0.6 is 0 Å². The molecular weight excluding hydrogens is 292 g/mol. The Morgan fingerprint density at radius 2 is 2.00 bits per heavy atom. The van der Waals surface area contributed by atoms with E-state index in [1.165, 1.54) is 21.1 Å². The largest absolute Gasteiger partial charge is 0.477 e. The first kappa shape index (κ1) is 17.7. The molecule has 21 heavy (non-hydrogen) atoms. The molecule has 0 aliphatic carbocycles. The SMILES string of the molecule is CCC(C)CN(CC)S(=O)(=O)c1cc(C(=O)O)n(CC)c1.